The number of carbonyl (C=O) groups excluding carboxylic acids is 2. The predicted octanol–water partition coefficient (Wildman–Crippen LogP) is 2.58. The second kappa shape index (κ2) is 8.58. The summed E-state index contributed by atoms with van der Waals surface area (Å²) in [5.74, 6) is -1.40. The Kier molecular flexibility index (Phi) is 6.67. The summed E-state index contributed by atoms with van der Waals surface area (Å²) in [6.07, 6.45) is -0.213. The van der Waals surface area contributed by atoms with E-state index in [1.807, 2.05) is 20.8 Å². The van der Waals surface area contributed by atoms with Gasteiger partial charge in [-0.1, -0.05) is 11.6 Å². The van der Waals surface area contributed by atoms with Crippen LogP contribution in [0.2, 0.25) is 5.02 Å². The number of rotatable bonds is 4. The highest BCUT2D eigenvalue weighted by Gasteiger charge is 2.31. The van der Waals surface area contributed by atoms with Crippen molar-refractivity contribution in [2.45, 2.75) is 38.8 Å². The number of morpholine rings is 1. The Morgan fingerprint density at radius 3 is 2.67 bits per heavy atom. The van der Waals surface area contributed by atoms with E-state index in [0.717, 1.165) is 0 Å². The monoisotopic (exact) mass is 397 g/mol. The first-order valence-electron chi connectivity index (χ1n) is 8.56. The molecule has 27 heavy (non-hydrogen) atoms. The van der Waals surface area contributed by atoms with Gasteiger partial charge in [0.2, 0.25) is 0 Å². The molecule has 3 N–H and O–H groups in total. The van der Waals surface area contributed by atoms with E-state index in [1.165, 1.54) is 17.0 Å². The second-order valence-electron chi connectivity index (χ2n) is 7.35. The molecule has 0 spiro atoms. The molecule has 0 radical (unpaired) electrons. The number of amides is 3. The highest BCUT2D eigenvalue weighted by molar-refractivity contribution is 6.34. The molecule has 1 aliphatic rings. The molecule has 148 valence electrons. The predicted molar refractivity (Wildman–Crippen MR) is 101 cm³/mol. The molecule has 0 aliphatic carbocycles. The third-order valence-electron chi connectivity index (χ3n) is 3.84. The topological polar surface area (TPSA) is 108 Å². The molecule has 1 unspecified atom stereocenters. The van der Waals surface area contributed by atoms with Crippen LogP contribution in [0, 0.1) is 0 Å². The van der Waals surface area contributed by atoms with Crippen molar-refractivity contribution >= 4 is 35.2 Å². The van der Waals surface area contributed by atoms with E-state index >= 15 is 0 Å². The summed E-state index contributed by atoms with van der Waals surface area (Å²) in [6.45, 7) is 6.31. The smallest absolute Gasteiger partial charge is 0.319 e. The minimum Gasteiger partial charge on any atom is -0.481 e. The number of urea groups is 1. The summed E-state index contributed by atoms with van der Waals surface area (Å²) in [5.41, 5.74) is 0.197. The van der Waals surface area contributed by atoms with Crippen molar-refractivity contribution in [3.05, 3.63) is 28.8 Å². The molecular weight excluding hydrogens is 374 g/mol. The van der Waals surface area contributed by atoms with E-state index in [2.05, 4.69) is 10.6 Å². The maximum Gasteiger partial charge on any atom is 0.319 e. The van der Waals surface area contributed by atoms with Crippen LogP contribution in [0.25, 0.3) is 0 Å². The van der Waals surface area contributed by atoms with Gasteiger partial charge in [-0.2, -0.15) is 0 Å². The van der Waals surface area contributed by atoms with Gasteiger partial charge in [-0.15, -0.1) is 0 Å². The SMILES string of the molecule is CC(C)(C)NC(=O)Nc1ccc(Cl)c(C(=O)N2CCOCC2CC(=O)O)c1. The van der Waals surface area contributed by atoms with Crippen LogP contribution in [0.1, 0.15) is 37.6 Å². The Morgan fingerprint density at radius 2 is 2.04 bits per heavy atom. The Bertz CT molecular complexity index is 732. The zero-order valence-electron chi connectivity index (χ0n) is 15.5. The lowest BCUT2D eigenvalue weighted by Gasteiger charge is -2.35. The van der Waals surface area contributed by atoms with Crippen molar-refractivity contribution in [3.63, 3.8) is 0 Å². The number of ether oxygens (including phenoxy) is 1. The highest BCUT2D eigenvalue weighted by Crippen LogP contribution is 2.24. The maximum atomic E-state index is 12.9. The van der Waals surface area contributed by atoms with Gasteiger partial charge < -0.3 is 25.4 Å². The fraction of sp³-hybridized carbons (Fsp3) is 0.500. The van der Waals surface area contributed by atoms with Gasteiger partial charge in [-0.05, 0) is 39.0 Å². The molecule has 1 atom stereocenters. The van der Waals surface area contributed by atoms with Gasteiger partial charge in [-0.25, -0.2) is 4.79 Å². The van der Waals surface area contributed by atoms with E-state index in [9.17, 15) is 14.4 Å². The van der Waals surface area contributed by atoms with Gasteiger partial charge in [0.05, 0.1) is 36.3 Å². The summed E-state index contributed by atoms with van der Waals surface area (Å²) in [4.78, 5) is 37.5. The van der Waals surface area contributed by atoms with Crippen LogP contribution in [0.3, 0.4) is 0 Å². The third-order valence-corrected chi connectivity index (χ3v) is 4.17. The van der Waals surface area contributed by atoms with Crippen molar-refractivity contribution in [2.75, 3.05) is 25.1 Å². The standard InChI is InChI=1S/C18H24ClN3O5/c1-18(2,3)21-17(26)20-11-4-5-14(19)13(8-11)16(25)22-6-7-27-10-12(22)9-15(23)24/h4-5,8,12H,6-7,9-10H2,1-3H3,(H,23,24)(H2,20,21,26). The van der Waals surface area contributed by atoms with Crippen LogP contribution < -0.4 is 10.6 Å². The average molecular weight is 398 g/mol. The molecule has 1 fully saturated rings. The number of hydrogen-bond donors (Lipinski definition) is 3. The molecule has 3 amide bonds. The number of nitrogens with one attached hydrogen (secondary N) is 2. The van der Waals surface area contributed by atoms with Gasteiger partial charge in [-0.3, -0.25) is 9.59 Å². The van der Waals surface area contributed by atoms with Gasteiger partial charge in [0.15, 0.2) is 0 Å². The van der Waals surface area contributed by atoms with Crippen LogP contribution in [-0.4, -0.2) is 59.3 Å². The normalized spacial score (nSPS) is 17.3. The van der Waals surface area contributed by atoms with E-state index < -0.39 is 29.5 Å². The van der Waals surface area contributed by atoms with Gasteiger partial charge in [0, 0.05) is 17.8 Å². The van der Waals surface area contributed by atoms with E-state index in [-0.39, 0.29) is 30.2 Å². The number of halogens is 1. The minimum atomic E-state index is -1.01. The number of aliphatic carboxylic acids is 1. The van der Waals surface area contributed by atoms with Gasteiger partial charge >= 0.3 is 12.0 Å². The fourth-order valence-electron chi connectivity index (χ4n) is 2.72. The maximum absolute atomic E-state index is 12.9. The van der Waals surface area contributed by atoms with E-state index in [0.29, 0.717) is 12.3 Å². The summed E-state index contributed by atoms with van der Waals surface area (Å²) in [6, 6.07) is 3.63. The first-order chi connectivity index (χ1) is 12.6. The molecule has 9 heteroatoms. The molecule has 8 nitrogen and oxygen atoms in total. The number of hydrogen-bond acceptors (Lipinski definition) is 4. The number of carboxylic acid groups (broad SMARTS) is 1. The molecule has 1 aliphatic heterocycles. The molecule has 0 saturated carbocycles. The zero-order valence-corrected chi connectivity index (χ0v) is 16.3. The van der Waals surface area contributed by atoms with Crippen molar-refractivity contribution in [1.82, 2.24) is 10.2 Å². The molecule has 1 aromatic rings. The molecular formula is C18H24ClN3O5. The minimum absolute atomic E-state index is 0.154. The second-order valence-corrected chi connectivity index (χ2v) is 7.76. The van der Waals surface area contributed by atoms with Crippen LogP contribution in [-0.2, 0) is 9.53 Å². The van der Waals surface area contributed by atoms with Gasteiger partial charge in [0.1, 0.15) is 0 Å². The summed E-state index contributed by atoms with van der Waals surface area (Å²) < 4.78 is 5.30. The first-order valence-corrected chi connectivity index (χ1v) is 8.94. The summed E-state index contributed by atoms with van der Waals surface area (Å²) in [7, 11) is 0. The number of benzene rings is 1. The number of nitrogens with zero attached hydrogens (tertiary/aromatic N) is 1. The lowest BCUT2D eigenvalue weighted by Crippen LogP contribution is -2.49. The summed E-state index contributed by atoms with van der Waals surface area (Å²) in [5, 5.41) is 14.7. The summed E-state index contributed by atoms with van der Waals surface area (Å²) >= 11 is 6.18. The van der Waals surface area contributed by atoms with Crippen LogP contribution in [0.15, 0.2) is 18.2 Å². The highest BCUT2D eigenvalue weighted by atomic mass is 35.5. The van der Waals surface area contributed by atoms with Gasteiger partial charge in [0.25, 0.3) is 5.91 Å². The number of carbonyl (C=O) groups is 3. The molecule has 1 heterocycles. The molecule has 2 rings (SSSR count). The number of anilines is 1. The van der Waals surface area contributed by atoms with Crippen molar-refractivity contribution in [3.8, 4) is 0 Å². The average Bonchev–Trinajstić information content (AvgIpc) is 2.54. The quantitative estimate of drug-likeness (QED) is 0.723. The largest absolute Gasteiger partial charge is 0.481 e. The Hall–Kier alpha value is -2.32. The Morgan fingerprint density at radius 1 is 1.33 bits per heavy atom. The van der Waals surface area contributed by atoms with Crippen molar-refractivity contribution < 1.29 is 24.2 Å². The van der Waals surface area contributed by atoms with Crippen LogP contribution >= 0.6 is 11.6 Å². The molecule has 0 aromatic heterocycles. The Labute approximate surface area is 162 Å². The Balaban J connectivity index is 2.20. The van der Waals surface area contributed by atoms with Crippen LogP contribution in [0.4, 0.5) is 10.5 Å². The first kappa shape index (κ1) is 21.0. The lowest BCUT2D eigenvalue weighted by atomic mass is 10.1. The van der Waals surface area contributed by atoms with Crippen molar-refractivity contribution in [1.29, 1.82) is 0 Å². The third kappa shape index (κ3) is 6.11. The molecule has 1 aromatic carbocycles. The van der Waals surface area contributed by atoms with Crippen molar-refractivity contribution in [2.24, 2.45) is 0 Å². The zero-order chi connectivity index (χ0) is 20.2. The molecule has 1 saturated heterocycles. The van der Waals surface area contributed by atoms with Crippen LogP contribution in [0.5, 0.6) is 0 Å². The molecule has 0 bridgehead atoms. The van der Waals surface area contributed by atoms with E-state index in [4.69, 9.17) is 21.4 Å². The fourth-order valence-corrected chi connectivity index (χ4v) is 2.92. The lowest BCUT2D eigenvalue weighted by molar-refractivity contribution is -0.139. The van der Waals surface area contributed by atoms with E-state index in [1.54, 1.807) is 6.07 Å². The number of carboxylic acids is 1.